The van der Waals surface area contributed by atoms with Crippen molar-refractivity contribution in [2.24, 2.45) is 11.0 Å². The van der Waals surface area contributed by atoms with E-state index < -0.39 is 0 Å². The van der Waals surface area contributed by atoms with Crippen LogP contribution in [0.1, 0.15) is 36.0 Å². The van der Waals surface area contributed by atoms with E-state index in [0.717, 1.165) is 38.7 Å². The quantitative estimate of drug-likeness (QED) is 0.351. The fourth-order valence-electron chi connectivity index (χ4n) is 3.28. The molecule has 0 spiro atoms. The van der Waals surface area contributed by atoms with Crippen molar-refractivity contribution in [3.8, 4) is 6.07 Å². The number of benzene rings is 1. The average molecular weight is 312 g/mol. The fraction of sp³-hybridized carbons (Fsp3) is 0.438. The Hall–Kier alpha value is -2.01. The van der Waals surface area contributed by atoms with Gasteiger partial charge in [-0.1, -0.05) is 17.2 Å². The Kier molecular flexibility index (Phi) is 4.63. The van der Waals surface area contributed by atoms with Gasteiger partial charge in [-0.15, -0.1) is 8.58 Å². The molecule has 0 N–H and O–H groups in total. The van der Waals surface area contributed by atoms with Crippen molar-refractivity contribution in [3.63, 3.8) is 0 Å². The summed E-state index contributed by atoms with van der Waals surface area (Å²) in [5.41, 5.74) is 11.6. The number of azide groups is 1. The molecule has 2 aliphatic rings. The number of allylic oxidation sites excluding steroid dienone is 2. The van der Waals surface area contributed by atoms with Gasteiger partial charge in [0.15, 0.2) is 6.73 Å². The summed E-state index contributed by atoms with van der Waals surface area (Å²) in [6, 6.07) is 10.2. The van der Waals surface area contributed by atoms with E-state index in [1.807, 2.05) is 12.1 Å². The third-order valence-electron chi connectivity index (χ3n) is 4.41. The summed E-state index contributed by atoms with van der Waals surface area (Å²) in [6.07, 6.45) is 5.38. The molecule has 4 unspecified atom stereocenters. The first-order valence-electron chi connectivity index (χ1n) is 7.39. The smallest absolute Gasteiger partial charge is 0.166 e. The van der Waals surface area contributed by atoms with E-state index in [9.17, 15) is 0 Å². The molecule has 22 heavy (non-hydrogen) atoms. The van der Waals surface area contributed by atoms with Crippen LogP contribution >= 0.6 is 8.58 Å². The summed E-state index contributed by atoms with van der Waals surface area (Å²) < 4.78 is 5.51. The summed E-state index contributed by atoms with van der Waals surface area (Å²) in [4.78, 5) is 2.70. The number of hydrogen-bond donors (Lipinski definition) is 0. The summed E-state index contributed by atoms with van der Waals surface area (Å²) in [6.45, 7) is 0.0852. The maximum Gasteiger partial charge on any atom is 0.166 e. The summed E-state index contributed by atoms with van der Waals surface area (Å²) in [5, 5.41) is 12.3. The van der Waals surface area contributed by atoms with Crippen LogP contribution in [-0.4, -0.2) is 12.4 Å². The molecule has 4 atom stereocenters. The van der Waals surface area contributed by atoms with Crippen LogP contribution < -0.4 is 0 Å². The molecule has 0 aromatic heterocycles. The molecule has 112 valence electrons. The van der Waals surface area contributed by atoms with Crippen molar-refractivity contribution in [3.05, 3.63) is 57.7 Å². The summed E-state index contributed by atoms with van der Waals surface area (Å²) in [5.74, 6) is 1.70. The second-order valence-electron chi connectivity index (χ2n) is 5.67. The van der Waals surface area contributed by atoms with Gasteiger partial charge in [0.2, 0.25) is 0 Å². The maximum atomic E-state index is 8.88. The predicted molar refractivity (Wildman–Crippen MR) is 86.5 cm³/mol. The molecule has 1 aromatic carbocycles. The zero-order valence-electron chi connectivity index (χ0n) is 12.1. The van der Waals surface area contributed by atoms with Crippen molar-refractivity contribution in [2.75, 3.05) is 6.73 Å². The van der Waals surface area contributed by atoms with Crippen molar-refractivity contribution >= 4 is 8.58 Å². The highest BCUT2D eigenvalue weighted by Gasteiger charge is 2.37. The van der Waals surface area contributed by atoms with Crippen LogP contribution in [0.2, 0.25) is 0 Å². The number of nitriles is 1. The first-order chi connectivity index (χ1) is 10.8. The van der Waals surface area contributed by atoms with Crippen molar-refractivity contribution in [1.29, 1.82) is 5.26 Å². The Morgan fingerprint density at radius 1 is 1.41 bits per heavy atom. The third kappa shape index (κ3) is 3.25. The minimum Gasteiger partial charge on any atom is -0.492 e. The van der Waals surface area contributed by atoms with Gasteiger partial charge >= 0.3 is 0 Å². The van der Waals surface area contributed by atoms with Gasteiger partial charge in [0.05, 0.1) is 17.4 Å². The molecule has 0 bridgehead atoms. The Balaban J connectivity index is 1.61. The molecule has 1 saturated heterocycles. The molecular weight excluding hydrogens is 295 g/mol. The predicted octanol–water partition coefficient (Wildman–Crippen LogP) is 4.63. The fourth-order valence-corrected chi connectivity index (χ4v) is 5.48. The maximum absolute atomic E-state index is 8.88. The van der Waals surface area contributed by atoms with Crippen molar-refractivity contribution in [1.82, 2.24) is 0 Å². The van der Waals surface area contributed by atoms with E-state index in [2.05, 4.69) is 34.3 Å². The van der Waals surface area contributed by atoms with Crippen LogP contribution in [0, 0.1) is 17.2 Å². The molecular formula is C16H17N4OP. The minimum absolute atomic E-state index is 0.0852. The number of rotatable bonds is 4. The molecule has 6 heteroatoms. The standard InChI is InChI=1S/C16H17N4OP/c17-9-11-1-3-12(4-2-11)15-7-13-5-6-14(8-16(13)22-15)21-10-19-20-18/h1-4,6,13,15-16,22H,5,7-8,10H2. The van der Waals surface area contributed by atoms with E-state index >= 15 is 0 Å². The van der Waals surface area contributed by atoms with Crippen LogP contribution in [-0.2, 0) is 4.74 Å². The third-order valence-corrected chi connectivity index (χ3v) is 6.48. The van der Waals surface area contributed by atoms with Crippen LogP contribution in [0.4, 0.5) is 0 Å². The second-order valence-corrected chi connectivity index (χ2v) is 7.44. The normalized spacial score (nSPS) is 27.4. The number of fused-ring (bicyclic) bond motifs is 1. The van der Waals surface area contributed by atoms with E-state index in [-0.39, 0.29) is 6.73 Å². The van der Waals surface area contributed by atoms with Gasteiger partial charge < -0.3 is 4.74 Å². The van der Waals surface area contributed by atoms with Crippen LogP contribution in [0.25, 0.3) is 10.4 Å². The van der Waals surface area contributed by atoms with Gasteiger partial charge in [0.25, 0.3) is 0 Å². The van der Waals surface area contributed by atoms with E-state index in [0.29, 0.717) is 11.3 Å². The Morgan fingerprint density at radius 3 is 2.95 bits per heavy atom. The molecule has 5 nitrogen and oxygen atoms in total. The van der Waals surface area contributed by atoms with Gasteiger partial charge in [0, 0.05) is 17.0 Å². The van der Waals surface area contributed by atoms with Crippen LogP contribution in [0.5, 0.6) is 0 Å². The topological polar surface area (TPSA) is 81.8 Å². The number of ether oxygens (including phenoxy) is 1. The Morgan fingerprint density at radius 2 is 2.23 bits per heavy atom. The zero-order valence-corrected chi connectivity index (χ0v) is 13.1. The van der Waals surface area contributed by atoms with E-state index in [1.54, 1.807) is 0 Å². The molecule has 1 heterocycles. The Labute approximate surface area is 131 Å². The molecule has 1 aliphatic carbocycles. The van der Waals surface area contributed by atoms with Crippen molar-refractivity contribution in [2.45, 2.75) is 30.6 Å². The van der Waals surface area contributed by atoms with E-state index in [4.69, 9.17) is 15.5 Å². The molecule has 1 aromatic rings. The first kappa shape index (κ1) is 14.9. The minimum atomic E-state index is 0.0852. The van der Waals surface area contributed by atoms with Crippen LogP contribution in [0.15, 0.2) is 41.2 Å². The molecule has 3 rings (SSSR count). The Bertz CT molecular complexity index is 658. The van der Waals surface area contributed by atoms with Gasteiger partial charge in [-0.05, 0) is 53.7 Å². The molecule has 1 aliphatic heterocycles. The lowest BCUT2D eigenvalue weighted by molar-refractivity contribution is 0.198. The lowest BCUT2D eigenvalue weighted by Gasteiger charge is -2.24. The lowest BCUT2D eigenvalue weighted by Crippen LogP contribution is -2.16. The highest BCUT2D eigenvalue weighted by atomic mass is 31.1. The molecule has 0 radical (unpaired) electrons. The second kappa shape index (κ2) is 6.83. The number of nitrogens with zero attached hydrogens (tertiary/aromatic N) is 4. The van der Waals surface area contributed by atoms with Crippen LogP contribution in [0.3, 0.4) is 0 Å². The SMILES string of the molecule is N#Cc1ccc(C2CC3CC=C(OCN=[N+]=[N-])CC3P2)cc1. The lowest BCUT2D eigenvalue weighted by atomic mass is 9.88. The molecule has 1 fully saturated rings. The van der Waals surface area contributed by atoms with Crippen molar-refractivity contribution < 1.29 is 4.74 Å². The largest absolute Gasteiger partial charge is 0.492 e. The zero-order chi connectivity index (χ0) is 15.4. The highest BCUT2D eigenvalue weighted by molar-refractivity contribution is 7.39. The van der Waals surface area contributed by atoms with E-state index in [1.165, 1.54) is 12.0 Å². The first-order valence-corrected chi connectivity index (χ1v) is 8.54. The number of hydrogen-bond acceptors (Lipinski definition) is 3. The van der Waals surface area contributed by atoms with Gasteiger partial charge in [0.1, 0.15) is 0 Å². The van der Waals surface area contributed by atoms with Gasteiger partial charge in [-0.25, -0.2) is 0 Å². The average Bonchev–Trinajstić information content (AvgIpc) is 2.98. The highest BCUT2D eigenvalue weighted by Crippen LogP contribution is 2.57. The summed E-state index contributed by atoms with van der Waals surface area (Å²) in [7, 11) is 0.888. The van der Waals surface area contributed by atoms with Gasteiger partial charge in [-0.2, -0.15) is 5.26 Å². The monoisotopic (exact) mass is 312 g/mol. The molecule has 0 saturated carbocycles. The summed E-state index contributed by atoms with van der Waals surface area (Å²) >= 11 is 0. The molecule has 0 amide bonds. The van der Waals surface area contributed by atoms with Gasteiger partial charge in [-0.3, -0.25) is 0 Å².